The third-order valence-corrected chi connectivity index (χ3v) is 9.94. The number of thiazole rings is 1. The number of nitrogens with zero attached hydrogens (tertiary/aromatic N) is 1. The summed E-state index contributed by atoms with van der Waals surface area (Å²) in [6.07, 6.45) is 1.64. The molecule has 6 aromatic rings. The van der Waals surface area contributed by atoms with Crippen molar-refractivity contribution in [3.63, 3.8) is 0 Å². The number of hydrogen-bond donors (Lipinski definition) is 3. The normalized spacial score (nSPS) is 11.8. The Labute approximate surface area is 294 Å². The minimum absolute atomic E-state index is 0.114. The number of nitrogens with one attached hydrogen (secondary N) is 3. The van der Waals surface area contributed by atoms with Gasteiger partial charge in [-0.15, -0.1) is 23.1 Å². The molecule has 1 unspecified atom stereocenters. The fraction of sp³-hybridized carbons (Fsp3) is 0.0270. The molecule has 48 heavy (non-hydrogen) atoms. The summed E-state index contributed by atoms with van der Waals surface area (Å²) in [6, 6.07) is 34.7. The number of thiophene rings is 1. The van der Waals surface area contributed by atoms with Crippen molar-refractivity contribution in [3.05, 3.63) is 159 Å². The zero-order chi connectivity index (χ0) is 33.3. The largest absolute Gasteiger partial charge is 0.321 e. The van der Waals surface area contributed by atoms with Crippen molar-refractivity contribution in [2.45, 2.75) is 10.1 Å². The second kappa shape index (κ2) is 15.7. The summed E-state index contributed by atoms with van der Waals surface area (Å²) in [5.41, 5.74) is 4.39. The Bertz CT molecular complexity index is 2030. The first-order valence-electron chi connectivity index (χ1n) is 14.7. The van der Waals surface area contributed by atoms with Gasteiger partial charge in [0.1, 0.15) is 10.9 Å². The average Bonchev–Trinajstić information content (AvgIpc) is 3.81. The van der Waals surface area contributed by atoms with Crippen LogP contribution in [0.25, 0.3) is 17.3 Å². The fourth-order valence-electron chi connectivity index (χ4n) is 4.57. The molecule has 11 heteroatoms. The summed E-state index contributed by atoms with van der Waals surface area (Å²) < 4.78 is 0. The highest BCUT2D eigenvalue weighted by molar-refractivity contribution is 8.00. The lowest BCUT2D eigenvalue weighted by molar-refractivity contribution is -0.116. The van der Waals surface area contributed by atoms with Crippen LogP contribution in [0.1, 0.15) is 26.7 Å². The van der Waals surface area contributed by atoms with Crippen molar-refractivity contribution in [1.82, 2.24) is 10.3 Å². The van der Waals surface area contributed by atoms with Gasteiger partial charge < -0.3 is 16.0 Å². The average molecular weight is 707 g/mol. The summed E-state index contributed by atoms with van der Waals surface area (Å²) in [6.45, 7) is 0. The van der Waals surface area contributed by atoms with E-state index >= 15 is 0 Å². The minimum Gasteiger partial charge on any atom is -0.321 e. The van der Waals surface area contributed by atoms with Gasteiger partial charge in [0.15, 0.2) is 5.13 Å². The van der Waals surface area contributed by atoms with Gasteiger partial charge in [-0.3, -0.25) is 14.4 Å². The van der Waals surface area contributed by atoms with E-state index in [0.29, 0.717) is 21.4 Å². The molecule has 3 amide bonds. The van der Waals surface area contributed by atoms with E-state index in [0.717, 1.165) is 27.3 Å². The Balaban J connectivity index is 1.15. The topological polar surface area (TPSA) is 100 Å². The summed E-state index contributed by atoms with van der Waals surface area (Å²) in [5.74, 6) is -1.06. The van der Waals surface area contributed by atoms with Crippen LogP contribution in [-0.4, -0.2) is 22.7 Å². The number of hydrogen-bond acceptors (Lipinski definition) is 7. The number of amides is 3. The van der Waals surface area contributed by atoms with Gasteiger partial charge in [-0.25, -0.2) is 4.98 Å². The van der Waals surface area contributed by atoms with Crippen LogP contribution in [0, 0.1) is 0 Å². The van der Waals surface area contributed by atoms with E-state index in [1.54, 1.807) is 54.6 Å². The number of rotatable bonds is 11. The van der Waals surface area contributed by atoms with E-state index in [9.17, 15) is 14.4 Å². The van der Waals surface area contributed by atoms with E-state index in [-0.39, 0.29) is 17.5 Å². The lowest BCUT2D eigenvalue weighted by Crippen LogP contribution is -2.30. The van der Waals surface area contributed by atoms with Crippen LogP contribution in [0.2, 0.25) is 5.02 Å². The lowest BCUT2D eigenvalue weighted by atomic mass is 10.1. The van der Waals surface area contributed by atoms with Gasteiger partial charge in [-0.1, -0.05) is 72.3 Å². The summed E-state index contributed by atoms with van der Waals surface area (Å²) >= 11 is 10.3. The van der Waals surface area contributed by atoms with E-state index in [4.69, 9.17) is 11.6 Å². The van der Waals surface area contributed by atoms with Crippen LogP contribution in [0.5, 0.6) is 0 Å². The molecular formula is C37H27ClN4O3S3. The first-order valence-corrected chi connectivity index (χ1v) is 17.7. The molecule has 0 saturated heterocycles. The van der Waals surface area contributed by atoms with Gasteiger partial charge in [0, 0.05) is 32.1 Å². The molecule has 0 bridgehead atoms. The van der Waals surface area contributed by atoms with Crippen molar-refractivity contribution in [2.24, 2.45) is 0 Å². The van der Waals surface area contributed by atoms with Gasteiger partial charge in [0.2, 0.25) is 5.91 Å². The highest BCUT2D eigenvalue weighted by Crippen LogP contribution is 2.37. The van der Waals surface area contributed by atoms with Crippen LogP contribution in [0.3, 0.4) is 0 Å². The molecule has 2 heterocycles. The maximum Gasteiger partial charge on any atom is 0.272 e. The maximum absolute atomic E-state index is 13.6. The van der Waals surface area contributed by atoms with Gasteiger partial charge in [-0.2, -0.15) is 11.3 Å². The lowest BCUT2D eigenvalue weighted by Gasteiger charge is -2.17. The van der Waals surface area contributed by atoms with Crippen molar-refractivity contribution in [2.75, 3.05) is 10.6 Å². The number of thioether (sulfide) groups is 1. The second-order valence-corrected chi connectivity index (χ2v) is 13.6. The van der Waals surface area contributed by atoms with Crippen LogP contribution in [-0.2, 0) is 9.59 Å². The number of carbonyl (C=O) groups excluding carboxylic acids is 3. The minimum atomic E-state index is -0.567. The van der Waals surface area contributed by atoms with Crippen LogP contribution >= 0.6 is 46.0 Å². The Morgan fingerprint density at radius 1 is 0.792 bits per heavy atom. The molecule has 1 atom stereocenters. The molecule has 6 rings (SSSR count). The van der Waals surface area contributed by atoms with Crippen molar-refractivity contribution in [3.8, 4) is 11.3 Å². The molecule has 3 N–H and O–H groups in total. The number of anilines is 2. The SMILES string of the molecule is O=C(Nc1ccc(SC(C(=O)Nc2nc(-c3ccc(Cl)cc3)cs2)c2ccccc2)cc1)/C(=C/c1ccsc1)NC(=O)c1ccccc1. The second-order valence-electron chi connectivity index (χ2n) is 10.4. The molecule has 4 aromatic carbocycles. The highest BCUT2D eigenvalue weighted by atomic mass is 35.5. The molecule has 0 aliphatic heterocycles. The third kappa shape index (κ3) is 8.67. The first kappa shape index (κ1) is 32.9. The number of benzene rings is 4. The van der Waals surface area contributed by atoms with Crippen LogP contribution < -0.4 is 16.0 Å². The molecular weight excluding hydrogens is 680 g/mol. The Hall–Kier alpha value is -5.00. The zero-order valence-corrected chi connectivity index (χ0v) is 28.3. The van der Waals surface area contributed by atoms with E-state index in [2.05, 4.69) is 20.9 Å². The molecule has 238 valence electrons. The van der Waals surface area contributed by atoms with Crippen molar-refractivity contribution in [1.29, 1.82) is 0 Å². The molecule has 0 radical (unpaired) electrons. The van der Waals surface area contributed by atoms with Crippen molar-refractivity contribution >= 4 is 80.7 Å². The first-order chi connectivity index (χ1) is 23.4. The smallest absolute Gasteiger partial charge is 0.272 e. The standard InChI is InChI=1S/C37H27ClN4O3S3/c38-28-13-11-25(12-14-28)32-23-47-37(41-32)42-36(45)33(26-7-3-1-4-8-26)48-30-17-15-29(16-18-30)39-35(44)31(21-24-19-20-46-22-24)40-34(43)27-9-5-2-6-10-27/h1-23,33H,(H,39,44)(H,40,43)(H,41,42,45)/b31-21-. The Morgan fingerprint density at radius 3 is 2.19 bits per heavy atom. The number of halogens is 1. The van der Waals surface area contributed by atoms with Gasteiger partial charge in [0.05, 0.1) is 5.69 Å². The summed E-state index contributed by atoms with van der Waals surface area (Å²) in [4.78, 5) is 45.3. The monoisotopic (exact) mass is 706 g/mol. The van der Waals surface area contributed by atoms with Crippen LogP contribution in [0.4, 0.5) is 10.8 Å². The van der Waals surface area contributed by atoms with Gasteiger partial charge in [-0.05, 0) is 82.6 Å². The predicted octanol–water partition coefficient (Wildman–Crippen LogP) is 9.41. The van der Waals surface area contributed by atoms with Crippen LogP contribution in [0.15, 0.2) is 142 Å². The summed E-state index contributed by atoms with van der Waals surface area (Å²) in [5, 5.41) is 14.9. The maximum atomic E-state index is 13.6. The van der Waals surface area contributed by atoms with E-state index in [1.165, 1.54) is 34.4 Å². The predicted molar refractivity (Wildman–Crippen MR) is 198 cm³/mol. The Morgan fingerprint density at radius 2 is 1.50 bits per heavy atom. The molecule has 7 nitrogen and oxygen atoms in total. The zero-order valence-electron chi connectivity index (χ0n) is 25.1. The van der Waals surface area contributed by atoms with Crippen molar-refractivity contribution < 1.29 is 14.4 Å². The Kier molecular flexibility index (Phi) is 10.8. The molecule has 0 fully saturated rings. The molecule has 0 saturated carbocycles. The molecule has 2 aromatic heterocycles. The molecule has 0 aliphatic rings. The fourth-order valence-corrected chi connectivity index (χ4v) is 7.06. The molecule has 0 spiro atoms. The summed E-state index contributed by atoms with van der Waals surface area (Å²) in [7, 11) is 0. The number of carbonyl (C=O) groups is 3. The quantitative estimate of drug-likeness (QED) is 0.0921. The number of aromatic nitrogens is 1. The van der Waals surface area contributed by atoms with Gasteiger partial charge >= 0.3 is 0 Å². The third-order valence-electron chi connectivity index (χ3n) is 6.96. The molecule has 0 aliphatic carbocycles. The van der Waals surface area contributed by atoms with E-state index < -0.39 is 11.2 Å². The van der Waals surface area contributed by atoms with E-state index in [1.807, 2.05) is 82.9 Å². The van der Waals surface area contributed by atoms with Gasteiger partial charge in [0.25, 0.3) is 11.8 Å². The highest BCUT2D eigenvalue weighted by Gasteiger charge is 2.23.